The molecule has 2 aromatic rings. The number of aromatic nitrogens is 2. The van der Waals surface area contributed by atoms with Gasteiger partial charge in [0.1, 0.15) is 11.8 Å². The first kappa shape index (κ1) is 24.9. The van der Waals surface area contributed by atoms with Gasteiger partial charge < -0.3 is 24.3 Å². The van der Waals surface area contributed by atoms with Crippen LogP contribution in [0.15, 0.2) is 12.1 Å². The first-order chi connectivity index (χ1) is 16.3. The molecule has 1 aliphatic carbocycles. The number of amides is 1. The smallest absolute Gasteiger partial charge is 0.385 e. The zero-order valence-corrected chi connectivity index (χ0v) is 20.0. The third-order valence-electron chi connectivity index (χ3n) is 6.60. The van der Waals surface area contributed by atoms with Crippen molar-refractivity contribution in [3.8, 4) is 0 Å². The number of methoxy groups -OCH3 is 1. The van der Waals surface area contributed by atoms with E-state index in [1.54, 1.807) is 6.07 Å². The summed E-state index contributed by atoms with van der Waals surface area (Å²) in [6.45, 7) is 5.98. The molecule has 1 saturated carbocycles. The van der Waals surface area contributed by atoms with Gasteiger partial charge in [0, 0.05) is 50.5 Å². The van der Waals surface area contributed by atoms with Crippen molar-refractivity contribution in [3.63, 3.8) is 0 Å². The molecule has 2 aromatic heterocycles. The fraction of sp³-hybridized carbons (Fsp3) is 0.667. The molecule has 2 aliphatic rings. The Balaban J connectivity index is 1.75. The molecule has 2 fully saturated rings. The number of carbonyl (C=O) groups excluding carboxylic acids is 1. The van der Waals surface area contributed by atoms with E-state index in [4.69, 9.17) is 14.5 Å². The molecule has 4 rings (SSSR count). The number of hydrogen-bond acceptors (Lipinski definition) is 5. The number of aryl methyl sites for hydroxylation is 2. The van der Waals surface area contributed by atoms with E-state index >= 15 is 0 Å². The number of hydrogen-bond donors (Lipinski definition) is 1. The molecule has 0 aromatic carbocycles. The van der Waals surface area contributed by atoms with Crippen LogP contribution in [0.4, 0.5) is 13.2 Å². The maximum Gasteiger partial charge on any atom is 0.431 e. The number of nitrogens with one attached hydrogen (secondary N) is 1. The van der Waals surface area contributed by atoms with Gasteiger partial charge in [0.2, 0.25) is 0 Å². The van der Waals surface area contributed by atoms with E-state index in [1.165, 1.54) is 17.7 Å². The number of fused-ring (bicyclic) bond motifs is 1. The van der Waals surface area contributed by atoms with Crippen molar-refractivity contribution in [1.29, 1.82) is 0 Å². The highest BCUT2D eigenvalue weighted by atomic mass is 19.4. The number of pyridine rings is 1. The fourth-order valence-electron chi connectivity index (χ4n) is 4.74. The summed E-state index contributed by atoms with van der Waals surface area (Å²) >= 11 is 0. The van der Waals surface area contributed by atoms with Crippen LogP contribution in [0.1, 0.15) is 56.2 Å². The van der Waals surface area contributed by atoms with Crippen LogP contribution in [0.2, 0.25) is 0 Å². The minimum absolute atomic E-state index is 0.0893. The van der Waals surface area contributed by atoms with Crippen molar-refractivity contribution in [2.75, 3.05) is 33.4 Å². The lowest BCUT2D eigenvalue weighted by atomic mass is 10.1. The largest absolute Gasteiger partial charge is 0.431 e. The molecule has 1 amide bonds. The molecule has 3 heterocycles. The lowest BCUT2D eigenvalue weighted by molar-refractivity contribution is -0.148. The van der Waals surface area contributed by atoms with E-state index in [9.17, 15) is 18.0 Å². The zero-order chi connectivity index (χ0) is 24.5. The van der Waals surface area contributed by atoms with E-state index in [1.807, 2.05) is 18.7 Å². The van der Waals surface area contributed by atoms with E-state index in [-0.39, 0.29) is 24.5 Å². The summed E-state index contributed by atoms with van der Waals surface area (Å²) in [5, 5.41) is 3.70. The summed E-state index contributed by atoms with van der Waals surface area (Å²) in [6.07, 6.45) is -2.28. The fourth-order valence-corrected chi connectivity index (χ4v) is 4.74. The molecule has 0 bridgehead atoms. The summed E-state index contributed by atoms with van der Waals surface area (Å²) in [5.41, 5.74) is 1.02. The number of alkyl halides is 3. The molecule has 7 nitrogen and oxygen atoms in total. The van der Waals surface area contributed by atoms with Crippen molar-refractivity contribution in [2.45, 2.75) is 70.4 Å². The van der Waals surface area contributed by atoms with Crippen LogP contribution < -0.4 is 5.32 Å². The molecule has 34 heavy (non-hydrogen) atoms. The number of halogens is 3. The molecule has 1 N–H and O–H groups in total. The summed E-state index contributed by atoms with van der Waals surface area (Å²) in [4.78, 5) is 19.9. The van der Waals surface area contributed by atoms with Gasteiger partial charge in [0.15, 0.2) is 0 Å². The molecule has 1 saturated heterocycles. The second-order valence-corrected chi connectivity index (χ2v) is 9.02. The van der Waals surface area contributed by atoms with Crippen LogP contribution in [-0.4, -0.2) is 65.9 Å². The number of morpholine rings is 1. The minimum Gasteiger partial charge on any atom is -0.385 e. The Bertz CT molecular complexity index is 1010. The third-order valence-corrected chi connectivity index (χ3v) is 6.60. The standard InChI is InChI=1S/C24H33F3N4O3/c1-4-18-17-12-22(24(25,26)27)30(9-5-10-33-3)20(17)13-19(29-18)15(2)31(16-6-7-16)23(32)21-14-28-8-11-34-21/h12-13,15-16,21,28H,4-11,14H2,1-3H3/t15-,21+/m0/s1. The Morgan fingerprint density at radius 1 is 1.38 bits per heavy atom. The normalized spacial score (nSPS) is 20.0. The van der Waals surface area contributed by atoms with Gasteiger partial charge in [-0.05, 0) is 44.7 Å². The molecule has 1 aliphatic heterocycles. The maximum absolute atomic E-state index is 13.9. The van der Waals surface area contributed by atoms with Gasteiger partial charge in [-0.25, -0.2) is 0 Å². The first-order valence-corrected chi connectivity index (χ1v) is 12.0. The van der Waals surface area contributed by atoms with Crippen molar-refractivity contribution in [3.05, 3.63) is 29.2 Å². The van der Waals surface area contributed by atoms with Crippen LogP contribution in [0.25, 0.3) is 10.9 Å². The highest BCUT2D eigenvalue weighted by Gasteiger charge is 2.41. The van der Waals surface area contributed by atoms with Crippen molar-refractivity contribution in [2.24, 2.45) is 0 Å². The maximum atomic E-state index is 13.9. The highest BCUT2D eigenvalue weighted by Crippen LogP contribution is 2.39. The average molecular weight is 483 g/mol. The van der Waals surface area contributed by atoms with Crippen LogP contribution in [0.5, 0.6) is 0 Å². The van der Waals surface area contributed by atoms with Crippen molar-refractivity contribution >= 4 is 16.8 Å². The third kappa shape index (κ3) is 5.08. The van der Waals surface area contributed by atoms with Crippen LogP contribution in [0, 0.1) is 0 Å². The molecule has 0 unspecified atom stereocenters. The summed E-state index contributed by atoms with van der Waals surface area (Å²) in [5.74, 6) is -0.0893. The molecule has 0 spiro atoms. The molecular weight excluding hydrogens is 449 g/mol. The number of nitrogens with zero attached hydrogens (tertiary/aromatic N) is 3. The van der Waals surface area contributed by atoms with E-state index in [0.29, 0.717) is 61.4 Å². The predicted octanol–water partition coefficient (Wildman–Crippen LogP) is 3.69. The second-order valence-electron chi connectivity index (χ2n) is 9.02. The van der Waals surface area contributed by atoms with Gasteiger partial charge in [0.05, 0.1) is 23.9 Å². The van der Waals surface area contributed by atoms with Gasteiger partial charge >= 0.3 is 6.18 Å². The molecular formula is C24H33F3N4O3. The van der Waals surface area contributed by atoms with Crippen LogP contribution in [0.3, 0.4) is 0 Å². The average Bonchev–Trinajstić information content (AvgIpc) is 3.58. The van der Waals surface area contributed by atoms with Gasteiger partial charge in [-0.2, -0.15) is 13.2 Å². The topological polar surface area (TPSA) is 68.6 Å². The Kier molecular flexibility index (Phi) is 7.49. The number of carbonyl (C=O) groups is 1. The summed E-state index contributed by atoms with van der Waals surface area (Å²) in [6, 6.07) is 2.66. The van der Waals surface area contributed by atoms with Gasteiger partial charge in [-0.1, -0.05) is 6.92 Å². The van der Waals surface area contributed by atoms with Gasteiger partial charge in [0.25, 0.3) is 5.91 Å². The minimum atomic E-state index is -4.48. The van der Waals surface area contributed by atoms with E-state index in [2.05, 4.69) is 5.32 Å². The predicted molar refractivity (Wildman–Crippen MR) is 121 cm³/mol. The monoisotopic (exact) mass is 482 g/mol. The quantitative estimate of drug-likeness (QED) is 0.552. The van der Waals surface area contributed by atoms with Crippen molar-refractivity contribution in [1.82, 2.24) is 19.8 Å². The lowest BCUT2D eigenvalue weighted by Crippen LogP contribution is -2.50. The number of rotatable bonds is 9. The molecule has 188 valence electrons. The van der Waals surface area contributed by atoms with Gasteiger partial charge in [-0.15, -0.1) is 0 Å². The Labute approximate surface area is 197 Å². The first-order valence-electron chi connectivity index (χ1n) is 12.0. The zero-order valence-electron chi connectivity index (χ0n) is 20.0. The molecule has 2 atom stereocenters. The lowest BCUT2D eigenvalue weighted by Gasteiger charge is -2.34. The van der Waals surface area contributed by atoms with E-state index < -0.39 is 18.0 Å². The Morgan fingerprint density at radius 2 is 2.15 bits per heavy atom. The second kappa shape index (κ2) is 10.2. The Hall–Kier alpha value is -2.17. The van der Waals surface area contributed by atoms with Crippen LogP contribution in [-0.2, 0) is 33.4 Å². The van der Waals surface area contributed by atoms with Crippen LogP contribution >= 0.6 is 0 Å². The van der Waals surface area contributed by atoms with E-state index in [0.717, 1.165) is 12.8 Å². The highest BCUT2D eigenvalue weighted by molar-refractivity contribution is 5.85. The summed E-state index contributed by atoms with van der Waals surface area (Å²) < 4.78 is 53.8. The molecule has 0 radical (unpaired) electrons. The van der Waals surface area contributed by atoms with Gasteiger partial charge in [-0.3, -0.25) is 9.78 Å². The number of ether oxygens (including phenoxy) is 2. The Morgan fingerprint density at radius 3 is 2.74 bits per heavy atom. The van der Waals surface area contributed by atoms with Crippen molar-refractivity contribution < 1.29 is 27.4 Å². The molecule has 10 heteroatoms. The summed E-state index contributed by atoms with van der Waals surface area (Å²) in [7, 11) is 1.53. The SMILES string of the molecule is CCc1nc([C@H](C)N(C(=O)[C@H]2CNCCO2)C2CC2)cc2c1cc(C(F)(F)F)n2CCCOC.